The number of fused-ring (bicyclic) bond motifs is 4. The molecule has 3 amide bonds. The van der Waals surface area contributed by atoms with Gasteiger partial charge in [-0.05, 0) is 138 Å². The zero-order chi connectivity index (χ0) is 92.6. The zero-order valence-electron chi connectivity index (χ0n) is 73.5. The van der Waals surface area contributed by atoms with Crippen LogP contribution in [0.1, 0.15) is 116 Å². The highest BCUT2D eigenvalue weighted by molar-refractivity contribution is 7.88. The van der Waals surface area contributed by atoms with Crippen molar-refractivity contribution >= 4 is 221 Å². The molecule has 0 saturated carbocycles. The molecule has 1 aliphatic heterocycles. The van der Waals surface area contributed by atoms with E-state index in [-0.39, 0.29) is 25.1 Å². The van der Waals surface area contributed by atoms with Gasteiger partial charge in [-0.15, -0.1) is 90.7 Å². The fraction of sp³-hybridized carbons (Fsp3) is 0.315. The molecule has 0 spiro atoms. The van der Waals surface area contributed by atoms with Gasteiger partial charge in [-0.2, -0.15) is 0 Å². The number of unbranched alkanes of at least 4 members (excludes halogenated alkanes) is 4. The number of thiazole rings is 4. The lowest BCUT2D eigenvalue weighted by molar-refractivity contribution is -0.121. The van der Waals surface area contributed by atoms with Crippen molar-refractivity contribution in [2.24, 2.45) is 10.7 Å². The van der Waals surface area contributed by atoms with Crippen LogP contribution in [-0.4, -0.2) is 161 Å². The Morgan fingerprint density at radius 3 is 1.14 bits per heavy atom. The van der Waals surface area contributed by atoms with Crippen LogP contribution < -0.4 is 49.4 Å². The molecule has 14 N–H and O–H groups in total. The molecule has 16 rings (SSSR count). The molecule has 12 aromatic heterocycles. The molecule has 0 bridgehead atoms. The molecule has 4 atom stereocenters. The Balaban J connectivity index is 0.000000149. The van der Waals surface area contributed by atoms with Gasteiger partial charge in [0.05, 0.1) is 92.1 Å². The second kappa shape index (κ2) is 48.1. The number of hydrogen-bond donors (Lipinski definition) is 9. The third kappa shape index (κ3) is 24.9. The number of nitrogens with zero attached hydrogens (tertiary/aromatic N) is 10. The SMILES string of the molecule is CCCCS(=O)c1sc2nc(-c3nccs3)cc(-c3ccc(CNC(=O)CN(C)C)cc3)c2c1N.CCCCS(=O)c1sc2nc(-c3nccs3)cc(-c3ccc(CNC(=O)NCCO)cc3)c2c1N.CCCCS(=O)c1sc2nc(-c3nccs3)cc(-c3ccc(OCCN)cc3)c2c1N.CCCCS(=O)c1sc2nc(-c3nccs3)cc(C3=CN=C(OCCC)C3)c2c1N. The number of aliphatic imine (C=N–C) groups is 1. The molecule has 4 unspecified atom stereocenters. The van der Waals surface area contributed by atoms with Gasteiger partial charge in [0.15, 0.2) is 5.90 Å². The molecule has 27 nitrogen and oxygen atoms in total. The number of amides is 3. The number of carbonyl (C=O) groups excluding carboxylic acids is 2. The highest BCUT2D eigenvalue weighted by Gasteiger charge is 2.29. The van der Waals surface area contributed by atoms with Crippen LogP contribution in [-0.2, 0) is 65.8 Å². The van der Waals surface area contributed by atoms with E-state index in [9.17, 15) is 26.4 Å². The lowest BCUT2D eigenvalue weighted by Crippen LogP contribution is -2.36. The van der Waals surface area contributed by atoms with Crippen LogP contribution in [0.5, 0.6) is 5.75 Å². The maximum atomic E-state index is 13.0. The Hall–Kier alpha value is -9.95. The second-order valence-corrected chi connectivity index (χ2v) is 44.9. The van der Waals surface area contributed by atoms with Gasteiger partial charge in [-0.1, -0.05) is 121 Å². The molecule has 15 aromatic rings. The standard InChI is InChI=1S/C25H29N5O2S3.C24H27N5O3S3.C22H24N4O2S3.C21H24N4O2S3/c1-4-5-12-35(32)25-22(26)21-18(13-19(29-24(21)34-25)23-27-10-11-33-23)17-8-6-16(7-9-17)14-28-20(31)15-30(2)3;1-2-3-12-35(32)23-20(25)19-17(13-18(29-22(19)34-23)21-26-9-11-33-21)16-6-4-15(5-7-16)14-28-24(31)27-8-10-30;1-2-3-12-31(27)22-19(24)18-16(14-4-6-15(7-5-14)28-10-8-23)13-17(26-21(18)30-22)20-25-9-11-29-20;1-3-5-9-30(26)21-18(22)17-14(13-10-16(24-12-13)27-7-4-2)11-15(25-20(17)29-21)19-23-6-8-28-19/h6-11,13H,4-5,12,14-15,26H2,1-3H3,(H,28,31);4-7,9,11,13,30H,2-3,8,10,12,14,25H2,1H3,(H2,27,28,31);4-7,9,11,13H,2-3,8,10,12,23-24H2,1H3;6,8,11-12H,3-5,7,9-10,22H2,1-2H3. The van der Waals surface area contributed by atoms with E-state index in [0.717, 1.165) is 203 Å². The molecule has 39 heteroatoms. The predicted molar refractivity (Wildman–Crippen MR) is 550 cm³/mol. The molecular formula is C92H104N18O9S12. The van der Waals surface area contributed by atoms with Gasteiger partial charge in [0, 0.05) is 123 Å². The maximum Gasteiger partial charge on any atom is 0.315 e. The smallest absolute Gasteiger partial charge is 0.315 e. The highest BCUT2D eigenvalue weighted by Crippen LogP contribution is 2.49. The average molecular weight is 1990 g/mol. The van der Waals surface area contributed by atoms with Crippen molar-refractivity contribution < 1.29 is 41.0 Å². The maximum absolute atomic E-state index is 13.0. The van der Waals surface area contributed by atoms with Crippen LogP contribution in [0.15, 0.2) is 171 Å². The summed E-state index contributed by atoms with van der Waals surface area (Å²) in [4.78, 5) is 70.1. The number of anilines is 4. The van der Waals surface area contributed by atoms with E-state index < -0.39 is 43.2 Å². The Bertz CT molecular complexity index is 6540. The number of thiophene rings is 4. The molecule has 688 valence electrons. The Morgan fingerprint density at radius 2 is 0.809 bits per heavy atom. The van der Waals surface area contributed by atoms with E-state index in [0.29, 0.717) is 114 Å². The topological polar surface area (TPSA) is 426 Å². The summed E-state index contributed by atoms with van der Waals surface area (Å²) >= 11 is 11.8. The van der Waals surface area contributed by atoms with Crippen molar-refractivity contribution in [3.63, 3.8) is 0 Å². The van der Waals surface area contributed by atoms with Crippen LogP contribution in [0.3, 0.4) is 0 Å². The molecule has 0 aliphatic carbocycles. The van der Waals surface area contributed by atoms with Crippen molar-refractivity contribution in [3.05, 3.63) is 166 Å². The first-order valence-corrected chi connectivity index (χ1v) is 54.8. The molecule has 0 radical (unpaired) electrons. The molecule has 131 heavy (non-hydrogen) atoms. The first-order chi connectivity index (χ1) is 63.6. The summed E-state index contributed by atoms with van der Waals surface area (Å²) in [6.45, 7) is 13.3. The van der Waals surface area contributed by atoms with Crippen molar-refractivity contribution in [1.82, 2.24) is 60.7 Å². The highest BCUT2D eigenvalue weighted by atomic mass is 32.2. The summed E-state index contributed by atoms with van der Waals surface area (Å²) in [5.41, 5.74) is 46.7. The number of rotatable bonds is 37. The number of aliphatic hydroxyl groups is 1. The first-order valence-electron chi connectivity index (χ1n) is 42.7. The third-order valence-electron chi connectivity index (χ3n) is 20.2. The van der Waals surface area contributed by atoms with Crippen LogP contribution in [0.2, 0.25) is 0 Å². The summed E-state index contributed by atoms with van der Waals surface area (Å²) in [5, 5.41) is 31.4. The number of nitrogen functional groups attached to an aromatic ring is 4. The van der Waals surface area contributed by atoms with Crippen molar-refractivity contribution in [1.29, 1.82) is 0 Å². The second-order valence-electron chi connectivity index (χ2n) is 30.2. The van der Waals surface area contributed by atoms with Crippen molar-refractivity contribution in [3.8, 4) is 81.9 Å². The van der Waals surface area contributed by atoms with Gasteiger partial charge in [0.2, 0.25) is 5.91 Å². The summed E-state index contributed by atoms with van der Waals surface area (Å²) in [7, 11) is -0.851. The first kappa shape index (κ1) is 98.6. The third-order valence-corrected chi connectivity index (χ3v) is 35.4. The van der Waals surface area contributed by atoms with Gasteiger partial charge in [-0.25, -0.2) is 49.7 Å². The molecular weight excluding hydrogens is 1890 g/mol. The largest absolute Gasteiger partial charge is 0.492 e. The van der Waals surface area contributed by atoms with E-state index in [1.165, 1.54) is 79.4 Å². The van der Waals surface area contributed by atoms with E-state index >= 15 is 0 Å². The number of carbonyl (C=O) groups is 2. The van der Waals surface area contributed by atoms with Crippen LogP contribution in [0.4, 0.5) is 27.5 Å². The fourth-order valence-corrected chi connectivity index (χ4v) is 27.2. The van der Waals surface area contributed by atoms with Gasteiger partial charge in [0.1, 0.15) is 91.3 Å². The van der Waals surface area contributed by atoms with Gasteiger partial charge < -0.3 is 64.1 Å². The minimum Gasteiger partial charge on any atom is -0.492 e. The minimum atomic E-state index is -1.17. The average Bonchev–Trinajstić information content (AvgIpc) is 1.63. The minimum absolute atomic E-state index is 0.0161. The van der Waals surface area contributed by atoms with E-state index in [1.54, 1.807) is 36.1 Å². The quantitative estimate of drug-likeness (QED) is 0.0175. The van der Waals surface area contributed by atoms with Crippen LogP contribution in [0.25, 0.3) is 123 Å². The monoisotopic (exact) mass is 1990 g/mol. The summed E-state index contributed by atoms with van der Waals surface area (Å²) < 4.78 is 65.8. The molecule has 13 heterocycles. The van der Waals surface area contributed by atoms with Gasteiger partial charge in [-0.3, -0.25) is 21.6 Å². The number of nitrogens with one attached hydrogen (secondary N) is 3. The van der Waals surface area contributed by atoms with E-state index in [2.05, 4.69) is 75.5 Å². The Kier molecular flexibility index (Phi) is 36.2. The number of ether oxygens (including phenoxy) is 2. The number of aliphatic hydroxyl groups excluding tert-OH is 1. The van der Waals surface area contributed by atoms with Crippen LogP contribution in [0, 0.1) is 0 Å². The van der Waals surface area contributed by atoms with Crippen molar-refractivity contribution in [2.45, 2.75) is 129 Å². The number of nitrogens with two attached hydrogens (primary N) is 5. The van der Waals surface area contributed by atoms with Crippen LogP contribution >= 0.6 is 90.7 Å². The Labute approximate surface area is 802 Å². The number of urea groups is 1. The zero-order valence-corrected chi connectivity index (χ0v) is 83.3. The fourth-order valence-electron chi connectivity index (χ4n) is 13.7. The summed E-state index contributed by atoms with van der Waals surface area (Å²) in [5.74, 6) is 3.86. The summed E-state index contributed by atoms with van der Waals surface area (Å²) in [6, 6.07) is 31.4. The lowest BCUT2D eigenvalue weighted by Gasteiger charge is -2.11. The molecule has 0 fully saturated rings. The van der Waals surface area contributed by atoms with E-state index in [4.69, 9.17) is 63.2 Å². The molecule has 1 aliphatic rings. The number of hydrogen-bond acceptors (Lipinski definition) is 32. The number of benzene rings is 3. The van der Waals surface area contributed by atoms with E-state index in [1.807, 2.05) is 144 Å². The normalized spacial score (nSPS) is 12.8. The summed E-state index contributed by atoms with van der Waals surface area (Å²) in [6.07, 6.45) is 17.9. The Morgan fingerprint density at radius 1 is 0.458 bits per heavy atom. The molecule has 3 aromatic carbocycles. The van der Waals surface area contributed by atoms with Gasteiger partial charge >= 0.3 is 6.03 Å². The number of likely N-dealkylation sites (N-methyl/N-ethyl adjacent to an activating group) is 1. The van der Waals surface area contributed by atoms with Gasteiger partial charge in [0.25, 0.3) is 0 Å². The lowest BCUT2D eigenvalue weighted by atomic mass is 10.0. The molecule has 0 saturated heterocycles. The number of pyridine rings is 4. The van der Waals surface area contributed by atoms with Crippen molar-refractivity contribution in [2.75, 3.05) is 99.5 Å². The predicted octanol–water partition coefficient (Wildman–Crippen LogP) is 19.5. The number of aromatic nitrogens is 8.